The molecule has 8 nitrogen and oxygen atoms in total. The quantitative estimate of drug-likeness (QED) is 0.436. The van der Waals surface area contributed by atoms with E-state index in [1.807, 2.05) is 12.1 Å². The van der Waals surface area contributed by atoms with Crippen molar-refractivity contribution in [3.63, 3.8) is 0 Å². The third-order valence-corrected chi connectivity index (χ3v) is 5.20. The molecule has 2 heterocycles. The molecule has 0 aliphatic carbocycles. The van der Waals surface area contributed by atoms with Gasteiger partial charge in [0.1, 0.15) is 5.75 Å². The van der Waals surface area contributed by atoms with E-state index in [1.54, 1.807) is 55.6 Å². The van der Waals surface area contributed by atoms with Crippen molar-refractivity contribution in [1.82, 2.24) is 14.1 Å². The summed E-state index contributed by atoms with van der Waals surface area (Å²) in [6.07, 6.45) is 1.53. The number of aromatic nitrogens is 3. The molecule has 0 saturated carbocycles. The van der Waals surface area contributed by atoms with Crippen LogP contribution in [0, 0.1) is 0 Å². The van der Waals surface area contributed by atoms with E-state index >= 15 is 0 Å². The number of carbonyl (C=O) groups excluding carboxylic acids is 1. The molecule has 2 aromatic heterocycles. The Balaban J connectivity index is 1.78. The molecule has 0 radical (unpaired) electrons. The molecule has 0 aliphatic rings. The summed E-state index contributed by atoms with van der Waals surface area (Å²) >= 11 is 0. The molecule has 0 saturated heterocycles. The molecule has 0 unspecified atom stereocenters. The van der Waals surface area contributed by atoms with Crippen LogP contribution in [0.25, 0.3) is 11.0 Å². The minimum absolute atomic E-state index is 0.107. The first-order valence-electron chi connectivity index (χ1n) is 9.90. The van der Waals surface area contributed by atoms with Crippen LogP contribution in [0.3, 0.4) is 0 Å². The highest BCUT2D eigenvalue weighted by Gasteiger charge is 2.15. The van der Waals surface area contributed by atoms with Crippen molar-refractivity contribution in [3.05, 3.63) is 104 Å². The Morgan fingerprint density at radius 3 is 2.12 bits per heavy atom. The summed E-state index contributed by atoms with van der Waals surface area (Å²) in [7, 11) is 2.89. The van der Waals surface area contributed by atoms with Gasteiger partial charge in [-0.25, -0.2) is 14.6 Å². The second-order valence-corrected chi connectivity index (χ2v) is 7.17. The van der Waals surface area contributed by atoms with Crippen LogP contribution in [-0.2, 0) is 17.8 Å². The van der Waals surface area contributed by atoms with E-state index in [2.05, 4.69) is 4.98 Å². The van der Waals surface area contributed by atoms with Crippen LogP contribution in [0.4, 0.5) is 0 Å². The van der Waals surface area contributed by atoms with Gasteiger partial charge in [-0.3, -0.25) is 13.9 Å². The van der Waals surface area contributed by atoms with Crippen molar-refractivity contribution in [2.75, 3.05) is 14.2 Å². The first kappa shape index (κ1) is 21.0. The SMILES string of the molecule is COC(=O)c1ccc(Cn2c(=O)n(Cc3ccc(OC)cc3)c(=O)c3ncccc32)cc1. The Hall–Kier alpha value is -4.20. The molecule has 0 fully saturated rings. The summed E-state index contributed by atoms with van der Waals surface area (Å²) in [5, 5.41) is 0. The molecule has 0 amide bonds. The van der Waals surface area contributed by atoms with Gasteiger partial charge in [-0.05, 0) is 47.5 Å². The van der Waals surface area contributed by atoms with E-state index in [1.165, 1.54) is 22.4 Å². The molecule has 4 aromatic rings. The number of rotatable bonds is 6. The summed E-state index contributed by atoms with van der Waals surface area (Å²) in [6.45, 7) is 0.320. The molecule has 162 valence electrons. The monoisotopic (exact) mass is 431 g/mol. The van der Waals surface area contributed by atoms with Crippen molar-refractivity contribution in [3.8, 4) is 5.75 Å². The Bertz CT molecular complexity index is 1390. The average molecular weight is 431 g/mol. The van der Waals surface area contributed by atoms with Crippen LogP contribution >= 0.6 is 0 Å². The molecule has 0 N–H and O–H groups in total. The van der Waals surface area contributed by atoms with Crippen LogP contribution in [0.5, 0.6) is 5.75 Å². The van der Waals surface area contributed by atoms with Crippen molar-refractivity contribution in [2.24, 2.45) is 0 Å². The highest BCUT2D eigenvalue weighted by Crippen LogP contribution is 2.13. The van der Waals surface area contributed by atoms with E-state index < -0.39 is 17.2 Å². The minimum atomic E-state index is -0.446. The van der Waals surface area contributed by atoms with E-state index in [0.717, 1.165) is 11.1 Å². The Morgan fingerprint density at radius 2 is 1.50 bits per heavy atom. The van der Waals surface area contributed by atoms with Gasteiger partial charge in [0, 0.05) is 6.20 Å². The van der Waals surface area contributed by atoms with Gasteiger partial charge in [0.05, 0.1) is 38.4 Å². The van der Waals surface area contributed by atoms with Crippen LogP contribution in [-0.4, -0.2) is 34.3 Å². The number of benzene rings is 2. The van der Waals surface area contributed by atoms with E-state index in [0.29, 0.717) is 16.8 Å². The molecule has 2 aromatic carbocycles. The van der Waals surface area contributed by atoms with Crippen molar-refractivity contribution in [1.29, 1.82) is 0 Å². The Kier molecular flexibility index (Phi) is 5.85. The van der Waals surface area contributed by atoms with Crippen LogP contribution < -0.4 is 16.0 Å². The second-order valence-electron chi connectivity index (χ2n) is 7.17. The van der Waals surface area contributed by atoms with Gasteiger partial charge >= 0.3 is 11.7 Å². The highest BCUT2D eigenvalue weighted by molar-refractivity contribution is 5.89. The zero-order valence-corrected chi connectivity index (χ0v) is 17.6. The smallest absolute Gasteiger partial charge is 0.337 e. The van der Waals surface area contributed by atoms with Crippen molar-refractivity contribution >= 4 is 17.0 Å². The second kappa shape index (κ2) is 8.89. The maximum absolute atomic E-state index is 13.4. The maximum atomic E-state index is 13.4. The fourth-order valence-corrected chi connectivity index (χ4v) is 3.50. The lowest BCUT2D eigenvalue weighted by molar-refractivity contribution is 0.0600. The predicted molar refractivity (Wildman–Crippen MR) is 119 cm³/mol. The zero-order valence-electron chi connectivity index (χ0n) is 17.6. The number of methoxy groups -OCH3 is 2. The first-order valence-corrected chi connectivity index (χ1v) is 9.90. The molecule has 4 rings (SSSR count). The minimum Gasteiger partial charge on any atom is -0.497 e. The van der Waals surface area contributed by atoms with E-state index in [9.17, 15) is 14.4 Å². The van der Waals surface area contributed by atoms with Crippen molar-refractivity contribution in [2.45, 2.75) is 13.1 Å². The number of fused-ring (bicyclic) bond motifs is 1. The summed E-state index contributed by atoms with van der Waals surface area (Å²) in [6, 6.07) is 17.3. The van der Waals surface area contributed by atoms with Gasteiger partial charge in [-0.2, -0.15) is 0 Å². The van der Waals surface area contributed by atoms with Gasteiger partial charge in [-0.15, -0.1) is 0 Å². The number of nitrogens with zero attached hydrogens (tertiary/aromatic N) is 3. The summed E-state index contributed by atoms with van der Waals surface area (Å²) in [5.41, 5.74) is 1.77. The number of carbonyl (C=O) groups is 1. The lowest BCUT2D eigenvalue weighted by Crippen LogP contribution is -2.40. The van der Waals surface area contributed by atoms with Crippen molar-refractivity contribution < 1.29 is 14.3 Å². The largest absolute Gasteiger partial charge is 0.497 e. The summed E-state index contributed by atoms with van der Waals surface area (Å²) in [5.74, 6) is 0.255. The lowest BCUT2D eigenvalue weighted by Gasteiger charge is -2.14. The highest BCUT2D eigenvalue weighted by atomic mass is 16.5. The average Bonchev–Trinajstić information content (AvgIpc) is 2.84. The number of hydrogen-bond acceptors (Lipinski definition) is 6. The van der Waals surface area contributed by atoms with Crippen LogP contribution in [0.2, 0.25) is 0 Å². The third kappa shape index (κ3) is 4.02. The molecule has 0 bridgehead atoms. The molecule has 0 spiro atoms. The van der Waals surface area contributed by atoms with Gasteiger partial charge < -0.3 is 9.47 Å². The molecular weight excluding hydrogens is 410 g/mol. The summed E-state index contributed by atoms with van der Waals surface area (Å²) < 4.78 is 12.6. The summed E-state index contributed by atoms with van der Waals surface area (Å²) in [4.78, 5) is 42.3. The number of pyridine rings is 1. The topological polar surface area (TPSA) is 92.4 Å². The molecule has 8 heteroatoms. The fourth-order valence-electron chi connectivity index (χ4n) is 3.50. The van der Waals surface area contributed by atoms with Gasteiger partial charge in [0.15, 0.2) is 5.52 Å². The van der Waals surface area contributed by atoms with Gasteiger partial charge in [-0.1, -0.05) is 24.3 Å². The molecule has 32 heavy (non-hydrogen) atoms. The standard InChI is InChI=1S/C24H21N3O5/c1-31-19-11-7-17(8-12-19)15-27-22(28)21-20(4-3-13-25-21)26(24(27)30)14-16-5-9-18(10-6-16)23(29)32-2/h3-13H,14-15H2,1-2H3. The van der Waals surface area contributed by atoms with Gasteiger partial charge in [0.2, 0.25) is 0 Å². The zero-order chi connectivity index (χ0) is 22.7. The maximum Gasteiger partial charge on any atom is 0.337 e. The Morgan fingerprint density at radius 1 is 0.875 bits per heavy atom. The van der Waals surface area contributed by atoms with Gasteiger partial charge in [0.25, 0.3) is 5.56 Å². The first-order chi connectivity index (χ1) is 15.5. The third-order valence-electron chi connectivity index (χ3n) is 5.20. The van der Waals surface area contributed by atoms with E-state index in [-0.39, 0.29) is 18.6 Å². The molecular formula is C24H21N3O5. The predicted octanol–water partition coefficient (Wildman–Crippen LogP) is 2.45. The van der Waals surface area contributed by atoms with E-state index in [4.69, 9.17) is 9.47 Å². The number of esters is 1. The number of hydrogen-bond donors (Lipinski definition) is 0. The molecule has 0 atom stereocenters. The molecule has 0 aliphatic heterocycles. The van der Waals surface area contributed by atoms with Crippen LogP contribution in [0.1, 0.15) is 21.5 Å². The Labute approximate surface area is 183 Å². The number of ether oxygens (including phenoxy) is 2. The van der Waals surface area contributed by atoms with Crippen LogP contribution in [0.15, 0.2) is 76.4 Å². The normalized spacial score (nSPS) is 10.8. The lowest BCUT2D eigenvalue weighted by atomic mass is 10.1. The fraction of sp³-hybridized carbons (Fsp3) is 0.167.